The molecule has 13 heavy (non-hydrogen) atoms. The molecule has 4 heteroatoms. The van der Waals surface area contributed by atoms with E-state index in [1.54, 1.807) is 6.21 Å². The van der Waals surface area contributed by atoms with Crippen LogP contribution in [0.15, 0.2) is 28.3 Å². The molecule has 0 atom stereocenters. The van der Waals surface area contributed by atoms with Crippen molar-refractivity contribution in [1.29, 1.82) is 0 Å². The highest BCUT2D eigenvalue weighted by Crippen LogP contribution is 2.22. The lowest BCUT2D eigenvalue weighted by Gasteiger charge is -2.00. The van der Waals surface area contributed by atoms with Crippen molar-refractivity contribution in [3.63, 3.8) is 0 Å². The minimum atomic E-state index is 0.951. The van der Waals surface area contributed by atoms with Crippen LogP contribution in [0.25, 0.3) is 0 Å². The van der Waals surface area contributed by atoms with E-state index < -0.39 is 0 Å². The van der Waals surface area contributed by atoms with Gasteiger partial charge in [-0.25, -0.2) is 0 Å². The Kier molecular flexibility index (Phi) is 3.88. The van der Waals surface area contributed by atoms with E-state index in [0.29, 0.717) is 0 Å². The predicted molar refractivity (Wildman–Crippen MR) is 64.7 cm³/mol. The first-order chi connectivity index (χ1) is 6.25. The topological polar surface area (TPSA) is 50.7 Å². The number of aliphatic imine (C=N–C) groups is 1. The number of benzene rings is 1. The molecule has 1 aromatic carbocycles. The van der Waals surface area contributed by atoms with Gasteiger partial charge in [0.25, 0.3) is 0 Å². The van der Waals surface area contributed by atoms with Gasteiger partial charge in [0.1, 0.15) is 0 Å². The highest BCUT2D eigenvalue weighted by molar-refractivity contribution is 14.1. The molecule has 0 fully saturated rings. The lowest BCUT2D eigenvalue weighted by atomic mass is 10.2. The monoisotopic (exact) mass is 287 g/mol. The maximum Gasteiger partial charge on any atom is 0.0669 e. The molecular weight excluding hydrogens is 277 g/mol. The van der Waals surface area contributed by atoms with Gasteiger partial charge < -0.3 is 5.84 Å². The first kappa shape index (κ1) is 10.2. The highest BCUT2D eigenvalue weighted by atomic mass is 127. The van der Waals surface area contributed by atoms with Crippen LogP contribution in [0.4, 0.5) is 5.69 Å². The third-order valence-corrected chi connectivity index (χ3v) is 2.77. The van der Waals surface area contributed by atoms with E-state index in [0.717, 1.165) is 5.69 Å². The molecule has 68 valence electrons. The lowest BCUT2D eigenvalue weighted by Crippen LogP contribution is -1.84. The van der Waals surface area contributed by atoms with Gasteiger partial charge in [-0.1, -0.05) is 6.07 Å². The average molecular weight is 287 g/mol. The van der Waals surface area contributed by atoms with Crippen molar-refractivity contribution >= 4 is 40.7 Å². The SMILES string of the molecule is Cc1c(I)cccc1N=CC=NN. The summed E-state index contributed by atoms with van der Waals surface area (Å²) in [5.41, 5.74) is 2.12. The molecule has 1 rings (SSSR count). The Morgan fingerprint density at radius 3 is 2.85 bits per heavy atom. The smallest absolute Gasteiger partial charge is 0.0669 e. The van der Waals surface area contributed by atoms with E-state index in [1.165, 1.54) is 15.3 Å². The van der Waals surface area contributed by atoms with E-state index in [1.807, 2.05) is 25.1 Å². The van der Waals surface area contributed by atoms with E-state index in [9.17, 15) is 0 Å². The minimum Gasteiger partial charge on any atom is -0.323 e. The van der Waals surface area contributed by atoms with Gasteiger partial charge in [0.05, 0.1) is 11.9 Å². The number of halogens is 1. The lowest BCUT2D eigenvalue weighted by molar-refractivity contribution is 1.27. The number of hydrogen-bond acceptors (Lipinski definition) is 3. The van der Waals surface area contributed by atoms with Gasteiger partial charge >= 0.3 is 0 Å². The Balaban J connectivity index is 2.95. The molecule has 0 saturated carbocycles. The second-order valence-corrected chi connectivity index (χ2v) is 3.62. The van der Waals surface area contributed by atoms with Crippen LogP contribution in [0.5, 0.6) is 0 Å². The standard InChI is InChI=1S/C9H10IN3/c1-7-8(10)3-2-4-9(7)12-5-6-13-11/h2-6H,11H2,1H3. The van der Waals surface area contributed by atoms with Crippen molar-refractivity contribution in [2.45, 2.75) is 6.92 Å². The van der Waals surface area contributed by atoms with Crippen LogP contribution in [-0.2, 0) is 0 Å². The van der Waals surface area contributed by atoms with Crippen LogP contribution in [0.1, 0.15) is 5.56 Å². The zero-order valence-corrected chi connectivity index (χ0v) is 9.39. The molecule has 0 spiro atoms. The Morgan fingerprint density at radius 2 is 2.15 bits per heavy atom. The molecule has 0 saturated heterocycles. The van der Waals surface area contributed by atoms with E-state index in [4.69, 9.17) is 5.84 Å². The van der Waals surface area contributed by atoms with Gasteiger partial charge in [0.2, 0.25) is 0 Å². The van der Waals surface area contributed by atoms with Crippen molar-refractivity contribution in [2.75, 3.05) is 0 Å². The number of hydrogen-bond donors (Lipinski definition) is 1. The van der Waals surface area contributed by atoms with Crippen LogP contribution in [0, 0.1) is 10.5 Å². The molecule has 0 aliphatic rings. The molecule has 0 amide bonds. The Morgan fingerprint density at radius 1 is 1.38 bits per heavy atom. The van der Waals surface area contributed by atoms with Gasteiger partial charge in [-0.15, -0.1) is 0 Å². The molecule has 0 unspecified atom stereocenters. The van der Waals surface area contributed by atoms with Gasteiger partial charge in [-0.05, 0) is 47.2 Å². The van der Waals surface area contributed by atoms with Crippen molar-refractivity contribution in [1.82, 2.24) is 0 Å². The summed E-state index contributed by atoms with van der Waals surface area (Å²) >= 11 is 2.28. The first-order valence-electron chi connectivity index (χ1n) is 3.76. The Hall–Kier alpha value is -0.910. The summed E-state index contributed by atoms with van der Waals surface area (Å²) in [6, 6.07) is 5.98. The molecule has 2 N–H and O–H groups in total. The maximum atomic E-state index is 4.94. The van der Waals surface area contributed by atoms with Crippen molar-refractivity contribution < 1.29 is 0 Å². The molecular formula is C9H10IN3. The fourth-order valence-electron chi connectivity index (χ4n) is 0.888. The van der Waals surface area contributed by atoms with Crippen molar-refractivity contribution in [3.8, 4) is 0 Å². The minimum absolute atomic E-state index is 0.951. The zero-order valence-electron chi connectivity index (χ0n) is 7.24. The van der Waals surface area contributed by atoms with Gasteiger partial charge in [0, 0.05) is 9.78 Å². The summed E-state index contributed by atoms with van der Waals surface area (Å²) < 4.78 is 1.21. The zero-order chi connectivity index (χ0) is 9.68. The second kappa shape index (κ2) is 4.96. The van der Waals surface area contributed by atoms with Crippen molar-refractivity contribution in [2.24, 2.45) is 15.9 Å². The van der Waals surface area contributed by atoms with Crippen LogP contribution in [-0.4, -0.2) is 12.4 Å². The summed E-state index contributed by atoms with van der Waals surface area (Å²) in [5.74, 6) is 4.94. The molecule has 0 heterocycles. The van der Waals surface area contributed by atoms with Crippen LogP contribution in [0.2, 0.25) is 0 Å². The number of nitrogens with zero attached hydrogens (tertiary/aromatic N) is 2. The molecule has 0 aliphatic heterocycles. The summed E-state index contributed by atoms with van der Waals surface area (Å²) in [6.07, 6.45) is 3.04. The summed E-state index contributed by atoms with van der Waals surface area (Å²) in [4.78, 5) is 4.20. The number of rotatable bonds is 2. The van der Waals surface area contributed by atoms with Crippen molar-refractivity contribution in [3.05, 3.63) is 27.3 Å². The molecule has 0 radical (unpaired) electrons. The molecule has 1 aromatic rings. The average Bonchev–Trinajstić information content (AvgIpc) is 2.13. The third kappa shape index (κ3) is 2.80. The molecule has 3 nitrogen and oxygen atoms in total. The van der Waals surface area contributed by atoms with E-state index >= 15 is 0 Å². The molecule has 0 aromatic heterocycles. The van der Waals surface area contributed by atoms with Crippen LogP contribution in [0.3, 0.4) is 0 Å². The highest BCUT2D eigenvalue weighted by Gasteiger charge is 1.97. The Bertz CT molecular complexity index is 345. The first-order valence-corrected chi connectivity index (χ1v) is 4.84. The summed E-state index contributed by atoms with van der Waals surface area (Å²) in [6.45, 7) is 2.04. The van der Waals surface area contributed by atoms with Gasteiger partial charge in [-0.3, -0.25) is 4.99 Å². The largest absolute Gasteiger partial charge is 0.323 e. The second-order valence-electron chi connectivity index (χ2n) is 2.46. The van der Waals surface area contributed by atoms with Gasteiger partial charge in [-0.2, -0.15) is 5.10 Å². The quantitative estimate of drug-likeness (QED) is 0.386. The summed E-state index contributed by atoms with van der Waals surface area (Å²) in [7, 11) is 0. The van der Waals surface area contributed by atoms with E-state index in [2.05, 4.69) is 32.7 Å². The Labute approximate surface area is 90.9 Å². The predicted octanol–water partition coefficient (Wildman–Crippen LogP) is 2.25. The normalized spacial score (nSPS) is 11.5. The summed E-state index contributed by atoms with van der Waals surface area (Å²) in [5, 5.41) is 3.33. The molecule has 0 bridgehead atoms. The van der Waals surface area contributed by atoms with E-state index in [-0.39, 0.29) is 0 Å². The van der Waals surface area contributed by atoms with Crippen LogP contribution >= 0.6 is 22.6 Å². The molecule has 0 aliphatic carbocycles. The van der Waals surface area contributed by atoms with Gasteiger partial charge in [0.15, 0.2) is 0 Å². The third-order valence-electron chi connectivity index (χ3n) is 1.61. The fourth-order valence-corrected chi connectivity index (χ4v) is 1.37. The van der Waals surface area contributed by atoms with Crippen LogP contribution < -0.4 is 5.84 Å². The number of hydrazone groups is 1. The fraction of sp³-hybridized carbons (Fsp3) is 0.111. The maximum absolute atomic E-state index is 4.94. The number of nitrogens with two attached hydrogens (primary N) is 1.